The van der Waals surface area contributed by atoms with Crippen LogP contribution in [0.5, 0.6) is 0 Å². The number of methoxy groups -OCH3 is 2. The molecular weight excluding hydrogens is 663 g/mol. The summed E-state index contributed by atoms with van der Waals surface area (Å²) in [6, 6.07) is 5.42. The number of fused-ring (bicyclic) bond motifs is 2. The number of benzene rings is 1. The van der Waals surface area contributed by atoms with Gasteiger partial charge in [-0.3, -0.25) is 19.5 Å². The largest absolute Gasteiger partial charge is 0.468 e. The molecule has 1 aromatic heterocycles. The Morgan fingerprint density at radius 3 is 2.28 bits per heavy atom. The molecule has 4 aliphatic rings. The Bertz CT molecular complexity index is 1520. The van der Waals surface area contributed by atoms with Gasteiger partial charge in [0.15, 0.2) is 0 Å². The maximum absolute atomic E-state index is 13.9. The van der Waals surface area contributed by atoms with Gasteiger partial charge in [-0.25, -0.2) is 9.78 Å². The number of aryl methyl sites for hydroxylation is 1. The Kier molecular flexibility index (Phi) is 10.7. The van der Waals surface area contributed by atoms with Gasteiger partial charge in [-0.2, -0.15) is 0 Å². The van der Waals surface area contributed by atoms with Crippen LogP contribution in [0.1, 0.15) is 55.0 Å². The maximum Gasteiger partial charge on any atom is 0.336 e. The van der Waals surface area contributed by atoms with Gasteiger partial charge in [-0.1, -0.05) is 29.3 Å². The zero-order valence-electron chi connectivity index (χ0n) is 26.6. The first-order chi connectivity index (χ1) is 22.7. The third-order valence-electron chi connectivity index (χ3n) is 10.4. The minimum absolute atomic E-state index is 0.0686. The lowest BCUT2D eigenvalue weighted by molar-refractivity contribution is -0.143. The number of ether oxygens (including phenoxy) is 2. The van der Waals surface area contributed by atoms with Gasteiger partial charge >= 0.3 is 11.9 Å². The third kappa shape index (κ3) is 7.01. The van der Waals surface area contributed by atoms with Crippen LogP contribution in [0, 0.1) is 17.8 Å². The minimum Gasteiger partial charge on any atom is -0.468 e. The fourth-order valence-corrected chi connectivity index (χ4v) is 9.28. The first-order valence-corrected chi connectivity index (χ1v) is 17.8. The number of aliphatic hydroxyl groups is 1. The van der Waals surface area contributed by atoms with Gasteiger partial charge in [0.2, 0.25) is 5.91 Å². The molecule has 3 heterocycles. The second-order valence-corrected chi connectivity index (χ2v) is 14.6. The molecule has 13 heteroatoms. The molecule has 2 aliphatic carbocycles. The summed E-state index contributed by atoms with van der Waals surface area (Å²) >= 11 is 14.9. The number of aliphatic hydroxyl groups excluding tert-OH is 1. The molecule has 252 valence electrons. The maximum atomic E-state index is 13.9. The second kappa shape index (κ2) is 14.7. The molecular formula is C34H40Cl2N4O6S. The van der Waals surface area contributed by atoms with Gasteiger partial charge in [-0.15, -0.1) is 11.3 Å². The summed E-state index contributed by atoms with van der Waals surface area (Å²) in [5.74, 6) is -2.74. The third-order valence-corrected chi connectivity index (χ3v) is 11.9. The number of hydrogen-bond donors (Lipinski definition) is 1. The quantitative estimate of drug-likeness (QED) is 0.366. The number of thiazole rings is 1. The Morgan fingerprint density at radius 2 is 1.68 bits per heavy atom. The molecule has 10 nitrogen and oxygen atoms in total. The molecule has 1 aromatic carbocycles. The fourth-order valence-electron chi connectivity index (χ4n) is 8.03. The monoisotopic (exact) mass is 702 g/mol. The van der Waals surface area contributed by atoms with Gasteiger partial charge in [0.25, 0.3) is 0 Å². The number of halogens is 2. The SMILES string of the molecule is COC(=O)C1=C(CC(=O)N2CCN(C3CC4CCC(C3)C4O)CC2)N=C(CCc2nccs2)C(C(=O)OC)C1c1c(Cl)cccc1Cl. The van der Waals surface area contributed by atoms with Crippen molar-refractivity contribution in [3.05, 3.63) is 61.7 Å². The molecule has 2 aliphatic heterocycles. The highest BCUT2D eigenvalue weighted by Crippen LogP contribution is 2.47. The van der Waals surface area contributed by atoms with Crippen molar-refractivity contribution in [2.45, 2.75) is 63.0 Å². The van der Waals surface area contributed by atoms with E-state index in [-0.39, 0.29) is 39.7 Å². The van der Waals surface area contributed by atoms with Crippen LogP contribution in [-0.2, 0) is 30.3 Å². The zero-order valence-corrected chi connectivity index (χ0v) is 28.9. The van der Waals surface area contributed by atoms with E-state index in [1.54, 1.807) is 24.4 Å². The van der Waals surface area contributed by atoms with Crippen LogP contribution in [0.3, 0.4) is 0 Å². The number of aromatic nitrogens is 1. The van der Waals surface area contributed by atoms with Crippen LogP contribution in [-0.4, -0.2) is 96.0 Å². The molecule has 3 fully saturated rings. The summed E-state index contributed by atoms with van der Waals surface area (Å²) in [6.07, 6.45) is 6.45. The number of carbonyl (C=O) groups is 3. The van der Waals surface area contributed by atoms with E-state index in [4.69, 9.17) is 37.7 Å². The van der Waals surface area contributed by atoms with E-state index < -0.39 is 23.8 Å². The van der Waals surface area contributed by atoms with Gasteiger partial charge in [0, 0.05) is 71.9 Å². The molecule has 47 heavy (non-hydrogen) atoms. The summed E-state index contributed by atoms with van der Waals surface area (Å²) in [6.45, 7) is 2.61. The normalized spacial score (nSPS) is 27.9. The van der Waals surface area contributed by atoms with Crippen LogP contribution in [0.4, 0.5) is 0 Å². The van der Waals surface area contributed by atoms with Crippen molar-refractivity contribution in [3.63, 3.8) is 0 Å². The molecule has 4 atom stereocenters. The lowest BCUT2D eigenvalue weighted by atomic mass is 9.74. The van der Waals surface area contributed by atoms with Crippen LogP contribution < -0.4 is 0 Å². The van der Waals surface area contributed by atoms with Crippen molar-refractivity contribution in [3.8, 4) is 0 Å². The van der Waals surface area contributed by atoms with Crippen LogP contribution in [0.25, 0.3) is 0 Å². The predicted octanol–water partition coefficient (Wildman–Crippen LogP) is 4.92. The lowest BCUT2D eigenvalue weighted by Crippen LogP contribution is -2.54. The first-order valence-electron chi connectivity index (χ1n) is 16.2. The molecule has 4 unspecified atom stereocenters. The van der Waals surface area contributed by atoms with Crippen molar-refractivity contribution < 1.29 is 29.0 Å². The molecule has 0 radical (unpaired) electrons. The fraction of sp³-hybridized carbons (Fsp3) is 0.559. The van der Waals surface area contributed by atoms with E-state index in [1.165, 1.54) is 25.6 Å². The molecule has 1 amide bonds. The zero-order chi connectivity index (χ0) is 33.2. The summed E-state index contributed by atoms with van der Waals surface area (Å²) < 4.78 is 10.5. The van der Waals surface area contributed by atoms with E-state index in [2.05, 4.69) is 9.88 Å². The van der Waals surface area contributed by atoms with E-state index in [9.17, 15) is 19.5 Å². The summed E-state index contributed by atoms with van der Waals surface area (Å²) in [4.78, 5) is 54.6. The van der Waals surface area contributed by atoms with E-state index in [1.807, 2.05) is 10.3 Å². The average Bonchev–Trinajstić information content (AvgIpc) is 3.65. The topological polar surface area (TPSA) is 122 Å². The van der Waals surface area contributed by atoms with Crippen molar-refractivity contribution in [2.75, 3.05) is 40.4 Å². The Labute approximate surface area is 288 Å². The molecule has 2 aromatic rings. The summed E-state index contributed by atoms with van der Waals surface area (Å²) in [5, 5.41) is 13.8. The number of carbonyl (C=O) groups excluding carboxylic acids is 3. The van der Waals surface area contributed by atoms with Crippen molar-refractivity contribution >= 4 is 58.1 Å². The number of hydrogen-bond acceptors (Lipinski definition) is 10. The summed E-state index contributed by atoms with van der Waals surface area (Å²) in [7, 11) is 2.54. The van der Waals surface area contributed by atoms with E-state index >= 15 is 0 Å². The number of rotatable bonds is 9. The summed E-state index contributed by atoms with van der Waals surface area (Å²) in [5.41, 5.74) is 1.14. The van der Waals surface area contributed by atoms with Gasteiger partial charge in [-0.05, 0) is 61.6 Å². The van der Waals surface area contributed by atoms with E-state index in [0.29, 0.717) is 55.1 Å². The highest BCUT2D eigenvalue weighted by Gasteiger charge is 2.47. The van der Waals surface area contributed by atoms with E-state index in [0.717, 1.165) is 43.8 Å². The number of amides is 1. The standard InChI is InChI=1S/C34H40Cl2N4O6S/c1-45-33(43)29-24(8-9-26-37-10-15-47-26)38-25(30(34(44)46-2)31(29)28-22(35)4-3-5-23(28)36)18-27(41)40-13-11-39(12-14-40)21-16-19-6-7-20(17-21)32(19)42/h3-5,10,15,19-21,29,31-32,42H,6-9,11-14,16-18H2,1-2H3. The van der Waals surface area contributed by atoms with Gasteiger partial charge in [0.1, 0.15) is 5.92 Å². The highest BCUT2D eigenvalue weighted by molar-refractivity contribution is 7.09. The Morgan fingerprint density at radius 1 is 1.00 bits per heavy atom. The van der Waals surface area contributed by atoms with Crippen LogP contribution in [0.15, 0.2) is 46.0 Å². The number of esters is 2. The number of piperazine rings is 1. The van der Waals surface area contributed by atoms with Crippen molar-refractivity contribution in [1.29, 1.82) is 0 Å². The second-order valence-electron chi connectivity index (χ2n) is 12.8. The van der Waals surface area contributed by atoms with Crippen molar-refractivity contribution in [2.24, 2.45) is 22.7 Å². The number of aliphatic imine (C=N–C) groups is 1. The smallest absolute Gasteiger partial charge is 0.336 e. The van der Waals surface area contributed by atoms with Crippen molar-refractivity contribution in [1.82, 2.24) is 14.8 Å². The lowest BCUT2D eigenvalue weighted by Gasteiger charge is -2.43. The van der Waals surface area contributed by atoms with Crippen LogP contribution in [0.2, 0.25) is 10.0 Å². The molecule has 1 N–H and O–H groups in total. The molecule has 2 bridgehead atoms. The molecule has 1 saturated heterocycles. The molecule has 6 rings (SSSR count). The minimum atomic E-state index is -1.03. The van der Waals surface area contributed by atoms with Gasteiger partial charge in [0.05, 0.1) is 43.0 Å². The highest BCUT2D eigenvalue weighted by atomic mass is 35.5. The average molecular weight is 704 g/mol. The predicted molar refractivity (Wildman–Crippen MR) is 180 cm³/mol. The Hall–Kier alpha value is -2.83. The molecule has 0 spiro atoms. The van der Waals surface area contributed by atoms with Gasteiger partial charge < -0.3 is 19.5 Å². The van der Waals surface area contributed by atoms with Crippen LogP contribution >= 0.6 is 34.5 Å². The Balaban J connectivity index is 1.30. The molecule has 2 saturated carbocycles. The number of nitrogens with zero attached hydrogens (tertiary/aromatic N) is 4. The first kappa shape index (κ1) is 34.0.